The van der Waals surface area contributed by atoms with Gasteiger partial charge in [0.2, 0.25) is 0 Å². The van der Waals surface area contributed by atoms with Crippen LogP contribution in [0.5, 0.6) is 0 Å². The van der Waals surface area contributed by atoms with Crippen LogP contribution in [0.3, 0.4) is 0 Å². The van der Waals surface area contributed by atoms with E-state index in [0.29, 0.717) is 16.8 Å². The lowest BCUT2D eigenvalue weighted by Gasteiger charge is -2.42. The summed E-state index contributed by atoms with van der Waals surface area (Å²) in [6, 6.07) is 9.47. The molecule has 5 heteroatoms. The number of aryl methyl sites for hydroxylation is 1. The number of rotatable bonds is 4. The highest BCUT2D eigenvalue weighted by atomic mass is 79.9. The van der Waals surface area contributed by atoms with Gasteiger partial charge in [-0.2, -0.15) is 0 Å². The molecule has 1 amide bonds. The number of carbonyl (C=O) groups is 2. The van der Waals surface area contributed by atoms with Gasteiger partial charge in [-0.1, -0.05) is 56.6 Å². The lowest BCUT2D eigenvalue weighted by molar-refractivity contribution is -0.133. The first-order chi connectivity index (χ1) is 14.4. The van der Waals surface area contributed by atoms with Gasteiger partial charge in [0.1, 0.15) is 0 Å². The van der Waals surface area contributed by atoms with Crippen molar-refractivity contribution in [3.05, 3.63) is 62.6 Å². The lowest BCUT2D eigenvalue weighted by Crippen LogP contribution is -2.37. The topological polar surface area (TPSA) is 66.4 Å². The fourth-order valence-corrected chi connectivity index (χ4v) is 5.39. The molecule has 2 aliphatic rings. The number of carbonyl (C=O) groups excluding carboxylic acids is 2. The maximum absolute atomic E-state index is 13.5. The van der Waals surface area contributed by atoms with Crippen molar-refractivity contribution >= 4 is 33.3 Å². The molecule has 0 aromatic heterocycles. The predicted molar refractivity (Wildman–Crippen MR) is 127 cm³/mol. The molecular formula is C26H30BrNO3. The zero-order valence-electron chi connectivity index (χ0n) is 18.9. The van der Waals surface area contributed by atoms with Crippen LogP contribution in [0.1, 0.15) is 86.5 Å². The Kier molecular flexibility index (Phi) is 5.22. The molecule has 4 rings (SSSR count). The van der Waals surface area contributed by atoms with Gasteiger partial charge < -0.3 is 10.4 Å². The van der Waals surface area contributed by atoms with Crippen LogP contribution < -0.4 is 5.32 Å². The van der Waals surface area contributed by atoms with Crippen LogP contribution in [-0.4, -0.2) is 16.8 Å². The molecule has 164 valence electrons. The van der Waals surface area contributed by atoms with E-state index in [-0.39, 0.29) is 23.0 Å². The van der Waals surface area contributed by atoms with Crippen molar-refractivity contribution in [3.8, 4) is 0 Å². The number of nitrogens with one attached hydrogen (secondary N) is 1. The second-order valence-electron chi connectivity index (χ2n) is 10.3. The Morgan fingerprint density at radius 3 is 2.26 bits per heavy atom. The molecular weight excluding hydrogens is 454 g/mol. The van der Waals surface area contributed by atoms with Gasteiger partial charge in [-0.3, -0.25) is 9.59 Å². The first-order valence-corrected chi connectivity index (χ1v) is 11.7. The third-order valence-electron chi connectivity index (χ3n) is 7.23. The minimum atomic E-state index is -1.87. The second kappa shape index (κ2) is 7.28. The lowest BCUT2D eigenvalue weighted by atomic mass is 9.62. The van der Waals surface area contributed by atoms with Crippen LogP contribution in [0, 0.1) is 0 Å². The zero-order valence-corrected chi connectivity index (χ0v) is 20.4. The Morgan fingerprint density at radius 2 is 1.65 bits per heavy atom. The number of benzene rings is 2. The summed E-state index contributed by atoms with van der Waals surface area (Å²) in [4.78, 5) is 26.2. The van der Waals surface area contributed by atoms with E-state index in [9.17, 15) is 14.7 Å². The van der Waals surface area contributed by atoms with Crippen molar-refractivity contribution in [1.29, 1.82) is 0 Å². The molecule has 0 fully saturated rings. The summed E-state index contributed by atoms with van der Waals surface area (Å²) in [5.74, 6) is -0.754. The summed E-state index contributed by atoms with van der Waals surface area (Å²) in [6.45, 7) is 11.0. The molecule has 0 spiro atoms. The number of hydrogen-bond donors (Lipinski definition) is 2. The molecule has 1 heterocycles. The third kappa shape index (κ3) is 3.56. The summed E-state index contributed by atoms with van der Waals surface area (Å²) < 4.78 is 0.751. The van der Waals surface area contributed by atoms with Gasteiger partial charge >= 0.3 is 0 Å². The van der Waals surface area contributed by atoms with Crippen molar-refractivity contribution in [2.45, 2.75) is 76.7 Å². The largest absolute Gasteiger partial charge is 0.375 e. The Hall–Kier alpha value is -1.98. The van der Waals surface area contributed by atoms with Gasteiger partial charge in [0.05, 0.1) is 6.42 Å². The van der Waals surface area contributed by atoms with E-state index in [1.165, 1.54) is 11.1 Å². The fourth-order valence-electron chi connectivity index (χ4n) is 5.03. The van der Waals surface area contributed by atoms with Gasteiger partial charge in [-0.25, -0.2) is 0 Å². The molecule has 2 N–H and O–H groups in total. The van der Waals surface area contributed by atoms with E-state index in [0.717, 1.165) is 29.3 Å². The molecule has 1 atom stereocenters. The van der Waals surface area contributed by atoms with Crippen molar-refractivity contribution < 1.29 is 14.7 Å². The molecule has 1 aliphatic heterocycles. The summed E-state index contributed by atoms with van der Waals surface area (Å²) in [7, 11) is 0. The van der Waals surface area contributed by atoms with E-state index in [4.69, 9.17) is 0 Å². The highest BCUT2D eigenvalue weighted by molar-refractivity contribution is 9.10. The van der Waals surface area contributed by atoms with Crippen LogP contribution in [0.25, 0.3) is 0 Å². The number of amides is 1. The molecule has 2 aromatic rings. The second-order valence-corrected chi connectivity index (χ2v) is 11.2. The van der Waals surface area contributed by atoms with Gasteiger partial charge in [0, 0.05) is 21.3 Å². The average Bonchev–Trinajstić information content (AvgIpc) is 2.94. The number of aliphatic hydroxyl groups is 1. The molecule has 1 aliphatic carbocycles. The molecule has 1 unspecified atom stereocenters. The highest BCUT2D eigenvalue weighted by Gasteiger charge is 2.47. The Labute approximate surface area is 192 Å². The Bertz CT molecular complexity index is 1100. The van der Waals surface area contributed by atoms with Crippen LogP contribution in [-0.2, 0) is 27.6 Å². The van der Waals surface area contributed by atoms with Crippen LogP contribution >= 0.6 is 15.9 Å². The number of hydrogen-bond acceptors (Lipinski definition) is 3. The molecule has 31 heavy (non-hydrogen) atoms. The maximum Gasteiger partial charge on any atom is 0.261 e. The van der Waals surface area contributed by atoms with Gasteiger partial charge in [0.25, 0.3) is 5.91 Å². The Morgan fingerprint density at radius 1 is 1.03 bits per heavy atom. The van der Waals surface area contributed by atoms with Gasteiger partial charge in [0.15, 0.2) is 11.4 Å². The van der Waals surface area contributed by atoms with Crippen molar-refractivity contribution in [3.63, 3.8) is 0 Å². The summed E-state index contributed by atoms with van der Waals surface area (Å²) in [5.41, 5.74) is 3.27. The third-order valence-corrected chi connectivity index (χ3v) is 7.72. The van der Waals surface area contributed by atoms with Gasteiger partial charge in [-0.15, -0.1) is 0 Å². The number of ketones is 1. The molecule has 0 saturated heterocycles. The van der Waals surface area contributed by atoms with Crippen molar-refractivity contribution in [2.24, 2.45) is 0 Å². The first-order valence-electron chi connectivity index (χ1n) is 10.9. The predicted octanol–water partition coefficient (Wildman–Crippen LogP) is 5.77. The monoisotopic (exact) mass is 483 g/mol. The zero-order chi connectivity index (χ0) is 22.8. The quantitative estimate of drug-likeness (QED) is 0.542. The number of Topliss-reactive ketones (excluding diaryl/α,β-unsaturated/α-hetero) is 1. The first kappa shape index (κ1) is 22.2. The molecule has 0 radical (unpaired) electrons. The van der Waals surface area contributed by atoms with Gasteiger partial charge in [-0.05, 0) is 71.0 Å². The van der Waals surface area contributed by atoms with Crippen LogP contribution in [0.15, 0.2) is 34.8 Å². The average molecular weight is 484 g/mol. The standard InChI is InChI=1S/C26H30BrNO3/c1-6-15-11-18-19(25(4,5)10-9-24(18,2)3)13-17(15)22(29)14-26(31)20-12-16(27)7-8-21(20)28-23(26)30/h7-8,11-13,31H,6,9-10,14H2,1-5H3,(H,28,30). The molecule has 2 aromatic carbocycles. The minimum absolute atomic E-state index is 0.0226. The number of halogens is 1. The maximum atomic E-state index is 13.5. The SMILES string of the molecule is CCc1cc2c(cc1C(=O)CC1(O)C(=O)Nc3ccc(Br)cc31)C(C)(C)CCC2(C)C. The van der Waals surface area contributed by atoms with E-state index in [2.05, 4.69) is 55.0 Å². The summed E-state index contributed by atoms with van der Waals surface area (Å²) in [5, 5.41) is 14.0. The number of fused-ring (bicyclic) bond motifs is 2. The van der Waals surface area contributed by atoms with Crippen molar-refractivity contribution in [1.82, 2.24) is 0 Å². The fraction of sp³-hybridized carbons (Fsp3) is 0.462. The smallest absolute Gasteiger partial charge is 0.261 e. The van der Waals surface area contributed by atoms with Crippen LogP contribution in [0.2, 0.25) is 0 Å². The van der Waals surface area contributed by atoms with E-state index in [1.807, 2.05) is 13.0 Å². The number of anilines is 1. The van der Waals surface area contributed by atoms with E-state index >= 15 is 0 Å². The summed E-state index contributed by atoms with van der Waals surface area (Å²) in [6.07, 6.45) is 2.60. The minimum Gasteiger partial charge on any atom is -0.375 e. The summed E-state index contributed by atoms with van der Waals surface area (Å²) >= 11 is 3.40. The van der Waals surface area contributed by atoms with E-state index in [1.54, 1.807) is 18.2 Å². The van der Waals surface area contributed by atoms with Crippen LogP contribution in [0.4, 0.5) is 5.69 Å². The highest BCUT2D eigenvalue weighted by Crippen LogP contribution is 2.47. The Balaban J connectivity index is 1.78. The molecule has 4 nitrogen and oxygen atoms in total. The molecule has 0 saturated carbocycles. The van der Waals surface area contributed by atoms with Crippen molar-refractivity contribution in [2.75, 3.05) is 5.32 Å². The normalized spacial score (nSPS) is 23.1. The van der Waals surface area contributed by atoms with E-state index < -0.39 is 11.5 Å². The molecule has 0 bridgehead atoms.